The van der Waals surface area contributed by atoms with Crippen molar-refractivity contribution in [3.05, 3.63) is 11.1 Å². The second-order valence-corrected chi connectivity index (χ2v) is 3.73. The Balaban J connectivity index is 4.08. The Morgan fingerprint density at radius 1 is 1.25 bits per heavy atom. The van der Waals surface area contributed by atoms with Gasteiger partial charge in [0.15, 0.2) is 0 Å². The van der Waals surface area contributed by atoms with E-state index < -0.39 is 5.97 Å². The molecule has 0 rings (SSSR count). The molecule has 1 amide bonds. The lowest BCUT2D eigenvalue weighted by Gasteiger charge is -2.09. The molecule has 0 aliphatic heterocycles. The minimum absolute atomic E-state index is 0.0577. The van der Waals surface area contributed by atoms with E-state index in [9.17, 15) is 9.59 Å². The molecule has 0 spiro atoms. The van der Waals surface area contributed by atoms with E-state index in [2.05, 4.69) is 5.32 Å². The van der Waals surface area contributed by atoms with Gasteiger partial charge in [-0.3, -0.25) is 4.79 Å². The van der Waals surface area contributed by atoms with Crippen LogP contribution in [0.25, 0.3) is 0 Å². The molecule has 0 aromatic carbocycles. The third-order valence-corrected chi connectivity index (χ3v) is 2.06. The van der Waals surface area contributed by atoms with Crippen LogP contribution in [0.2, 0.25) is 0 Å². The number of amides is 1. The predicted octanol–water partition coefficient (Wildman–Crippen LogP) is 0.949. The molecule has 0 atom stereocenters. The summed E-state index contributed by atoms with van der Waals surface area (Å²) >= 11 is 0. The first-order chi connectivity index (χ1) is 7.36. The number of ether oxygens (including phenoxy) is 1. The average molecular weight is 229 g/mol. The quantitative estimate of drug-likeness (QED) is 0.525. The molecule has 0 bridgehead atoms. The summed E-state index contributed by atoms with van der Waals surface area (Å²) in [7, 11) is 0. The van der Waals surface area contributed by atoms with Gasteiger partial charge in [0.1, 0.15) is 0 Å². The third kappa shape index (κ3) is 5.50. The Bertz CT molecular complexity index is 294. The van der Waals surface area contributed by atoms with Gasteiger partial charge in [0, 0.05) is 17.7 Å². The normalized spacial score (nSPS) is 12.3. The van der Waals surface area contributed by atoms with Crippen molar-refractivity contribution in [2.24, 2.45) is 0 Å². The molecule has 16 heavy (non-hydrogen) atoms. The zero-order valence-corrected chi connectivity index (χ0v) is 10.2. The summed E-state index contributed by atoms with van der Waals surface area (Å²) in [5.41, 5.74) is 0.277. The van der Waals surface area contributed by atoms with Crippen molar-refractivity contribution in [1.29, 1.82) is 0 Å². The number of carboxylic acids is 1. The van der Waals surface area contributed by atoms with E-state index in [-0.39, 0.29) is 23.2 Å². The van der Waals surface area contributed by atoms with Crippen molar-refractivity contribution in [3.63, 3.8) is 0 Å². The smallest absolute Gasteiger partial charge is 0.331 e. The van der Waals surface area contributed by atoms with Gasteiger partial charge in [-0.2, -0.15) is 0 Å². The minimum Gasteiger partial charge on any atom is -0.478 e. The van der Waals surface area contributed by atoms with Gasteiger partial charge in [-0.1, -0.05) is 0 Å². The number of carboxylic acid groups (broad SMARTS) is 1. The number of aliphatic carboxylic acids is 1. The molecule has 0 aromatic heterocycles. The fraction of sp³-hybridized carbons (Fsp3) is 0.636. The monoisotopic (exact) mass is 229 g/mol. The molecule has 0 aliphatic rings. The Morgan fingerprint density at radius 2 is 1.81 bits per heavy atom. The molecule has 5 heteroatoms. The summed E-state index contributed by atoms with van der Waals surface area (Å²) in [6, 6.07) is 0. The van der Waals surface area contributed by atoms with Crippen LogP contribution in [-0.4, -0.2) is 36.2 Å². The summed E-state index contributed by atoms with van der Waals surface area (Å²) < 4.78 is 5.23. The van der Waals surface area contributed by atoms with Crippen molar-refractivity contribution >= 4 is 11.9 Å². The lowest BCUT2D eigenvalue weighted by molar-refractivity contribution is -0.133. The molecule has 0 saturated carbocycles. The Labute approximate surface area is 95.5 Å². The van der Waals surface area contributed by atoms with Crippen LogP contribution in [0.1, 0.15) is 27.7 Å². The van der Waals surface area contributed by atoms with Crippen molar-refractivity contribution < 1.29 is 19.4 Å². The van der Waals surface area contributed by atoms with Crippen molar-refractivity contribution in [3.8, 4) is 0 Å². The van der Waals surface area contributed by atoms with Crippen LogP contribution in [0.4, 0.5) is 0 Å². The second kappa shape index (κ2) is 7.00. The van der Waals surface area contributed by atoms with Crippen LogP contribution in [0, 0.1) is 0 Å². The zero-order valence-electron chi connectivity index (χ0n) is 10.2. The van der Waals surface area contributed by atoms with E-state index in [1.54, 1.807) is 0 Å². The molecular formula is C11H19NO4. The molecular weight excluding hydrogens is 210 g/mol. The van der Waals surface area contributed by atoms with Gasteiger partial charge < -0.3 is 15.2 Å². The number of hydrogen-bond donors (Lipinski definition) is 2. The molecule has 0 saturated heterocycles. The minimum atomic E-state index is -1.08. The topological polar surface area (TPSA) is 75.6 Å². The Hall–Kier alpha value is -1.36. The molecule has 2 N–H and O–H groups in total. The molecule has 0 radical (unpaired) electrons. The van der Waals surface area contributed by atoms with E-state index in [0.717, 1.165) is 0 Å². The van der Waals surface area contributed by atoms with Crippen molar-refractivity contribution in [2.45, 2.75) is 33.8 Å². The van der Waals surface area contributed by atoms with E-state index in [1.165, 1.54) is 13.8 Å². The van der Waals surface area contributed by atoms with E-state index in [4.69, 9.17) is 9.84 Å². The third-order valence-electron chi connectivity index (χ3n) is 2.06. The summed E-state index contributed by atoms with van der Waals surface area (Å²) in [5.74, 6) is -1.45. The van der Waals surface area contributed by atoms with Crippen LogP contribution in [0.5, 0.6) is 0 Å². The first kappa shape index (κ1) is 14.6. The molecule has 0 heterocycles. The van der Waals surface area contributed by atoms with Crippen molar-refractivity contribution in [1.82, 2.24) is 5.32 Å². The molecule has 0 unspecified atom stereocenters. The van der Waals surface area contributed by atoms with Crippen LogP contribution in [0.3, 0.4) is 0 Å². The maximum absolute atomic E-state index is 11.4. The highest BCUT2D eigenvalue weighted by molar-refractivity contribution is 6.01. The molecule has 0 aromatic rings. The van der Waals surface area contributed by atoms with Crippen LogP contribution in [-0.2, 0) is 14.3 Å². The van der Waals surface area contributed by atoms with Gasteiger partial charge in [0.05, 0.1) is 12.7 Å². The number of carbonyl (C=O) groups excluding carboxylic acids is 1. The van der Waals surface area contributed by atoms with E-state index >= 15 is 0 Å². The largest absolute Gasteiger partial charge is 0.478 e. The van der Waals surface area contributed by atoms with Gasteiger partial charge >= 0.3 is 5.97 Å². The summed E-state index contributed by atoms with van der Waals surface area (Å²) in [6.07, 6.45) is 0.120. The first-order valence-electron chi connectivity index (χ1n) is 5.16. The maximum atomic E-state index is 11.4. The summed E-state index contributed by atoms with van der Waals surface area (Å²) in [4.78, 5) is 22.0. The highest BCUT2D eigenvalue weighted by Crippen LogP contribution is 2.02. The Morgan fingerprint density at radius 3 is 2.25 bits per heavy atom. The predicted molar refractivity (Wildman–Crippen MR) is 60.1 cm³/mol. The number of hydrogen-bond acceptors (Lipinski definition) is 3. The fourth-order valence-corrected chi connectivity index (χ4v) is 0.922. The molecule has 5 nitrogen and oxygen atoms in total. The standard InChI is InChI=1S/C11H19NO4/c1-7(2)16-6-5-12-10(13)8(3)9(4)11(14)15/h7H,5-6H2,1-4H3,(H,12,13)(H,14,15). The summed E-state index contributed by atoms with van der Waals surface area (Å²) in [6.45, 7) is 7.50. The lowest BCUT2D eigenvalue weighted by Crippen LogP contribution is -2.29. The maximum Gasteiger partial charge on any atom is 0.331 e. The SMILES string of the molecule is CC(C(=O)O)=C(C)C(=O)NCCOC(C)C. The number of nitrogens with one attached hydrogen (secondary N) is 1. The highest BCUT2D eigenvalue weighted by atomic mass is 16.5. The highest BCUT2D eigenvalue weighted by Gasteiger charge is 2.11. The van der Waals surface area contributed by atoms with Gasteiger partial charge in [-0.25, -0.2) is 4.79 Å². The molecule has 0 aliphatic carbocycles. The van der Waals surface area contributed by atoms with Crippen LogP contribution >= 0.6 is 0 Å². The zero-order chi connectivity index (χ0) is 12.7. The Kier molecular flexibility index (Phi) is 6.41. The first-order valence-corrected chi connectivity index (χ1v) is 5.16. The van der Waals surface area contributed by atoms with Gasteiger partial charge in [0.25, 0.3) is 0 Å². The molecule has 0 fully saturated rings. The van der Waals surface area contributed by atoms with Gasteiger partial charge in [-0.15, -0.1) is 0 Å². The molecule has 92 valence electrons. The number of rotatable bonds is 6. The van der Waals surface area contributed by atoms with Crippen LogP contribution in [0.15, 0.2) is 11.1 Å². The van der Waals surface area contributed by atoms with Gasteiger partial charge in [0.2, 0.25) is 5.91 Å². The van der Waals surface area contributed by atoms with E-state index in [0.29, 0.717) is 13.2 Å². The average Bonchev–Trinajstić information content (AvgIpc) is 2.21. The fourth-order valence-electron chi connectivity index (χ4n) is 0.922. The van der Waals surface area contributed by atoms with Gasteiger partial charge in [-0.05, 0) is 27.7 Å². The van der Waals surface area contributed by atoms with E-state index in [1.807, 2.05) is 13.8 Å². The second-order valence-electron chi connectivity index (χ2n) is 3.73. The number of carbonyl (C=O) groups is 2. The lowest BCUT2D eigenvalue weighted by atomic mass is 10.1. The van der Waals surface area contributed by atoms with Crippen molar-refractivity contribution in [2.75, 3.05) is 13.2 Å². The summed E-state index contributed by atoms with van der Waals surface area (Å²) in [5, 5.41) is 11.3. The van der Waals surface area contributed by atoms with Crippen LogP contribution < -0.4 is 5.32 Å².